The molecule has 0 aliphatic carbocycles. The van der Waals surface area contributed by atoms with Crippen molar-refractivity contribution < 1.29 is 14.7 Å². The van der Waals surface area contributed by atoms with Crippen LogP contribution in [-0.2, 0) is 5.41 Å². The number of aromatic carboxylic acids is 1. The molecule has 1 aromatic carbocycles. The zero-order chi connectivity index (χ0) is 19.8. The van der Waals surface area contributed by atoms with E-state index in [1.54, 1.807) is 24.3 Å². The molecule has 0 bridgehead atoms. The van der Waals surface area contributed by atoms with E-state index >= 15 is 0 Å². The third-order valence-electron chi connectivity index (χ3n) is 3.73. The van der Waals surface area contributed by atoms with E-state index in [9.17, 15) is 9.59 Å². The van der Waals surface area contributed by atoms with Crippen LogP contribution in [0.25, 0.3) is 5.69 Å². The summed E-state index contributed by atoms with van der Waals surface area (Å²) in [6, 6.07) is 6.93. The highest BCUT2D eigenvalue weighted by Crippen LogP contribution is 2.29. The molecule has 0 spiro atoms. The van der Waals surface area contributed by atoms with Crippen molar-refractivity contribution in [2.24, 2.45) is 0 Å². The number of carbonyl (C=O) groups is 2. The highest BCUT2D eigenvalue weighted by atomic mass is 32.1. The second kappa shape index (κ2) is 6.92. The Morgan fingerprint density at radius 1 is 1.26 bits per heavy atom. The van der Waals surface area contributed by atoms with Crippen molar-refractivity contribution in [3.05, 3.63) is 51.7 Å². The third kappa shape index (κ3) is 4.03. The first-order chi connectivity index (χ1) is 12.6. The first kappa shape index (κ1) is 18.7. The molecule has 0 radical (unpaired) electrons. The summed E-state index contributed by atoms with van der Waals surface area (Å²) < 4.78 is 1.34. The summed E-state index contributed by atoms with van der Waals surface area (Å²) in [6.45, 7) is 7.99. The minimum atomic E-state index is -1.15. The number of carbonyl (C=O) groups excluding carboxylic acids is 1. The number of hydrogen-bond donors (Lipinski definition) is 2. The fraction of sp³-hybridized carbons (Fsp3) is 0.278. The molecule has 3 rings (SSSR count). The van der Waals surface area contributed by atoms with Gasteiger partial charge in [0, 0.05) is 11.1 Å². The molecule has 8 nitrogen and oxygen atoms in total. The molecule has 9 heteroatoms. The lowest BCUT2D eigenvalue weighted by Crippen LogP contribution is -2.12. The smallest absolute Gasteiger partial charge is 0.358 e. The lowest BCUT2D eigenvalue weighted by Gasteiger charge is -2.13. The van der Waals surface area contributed by atoms with Crippen molar-refractivity contribution in [1.29, 1.82) is 0 Å². The summed E-state index contributed by atoms with van der Waals surface area (Å²) in [7, 11) is 0. The molecule has 0 unspecified atom stereocenters. The van der Waals surface area contributed by atoms with Gasteiger partial charge in [-0.25, -0.2) is 14.5 Å². The van der Waals surface area contributed by atoms with Gasteiger partial charge in [-0.05, 0) is 25.1 Å². The minimum Gasteiger partial charge on any atom is -0.476 e. The molecule has 2 heterocycles. The van der Waals surface area contributed by atoms with E-state index in [1.807, 2.05) is 6.92 Å². The molecule has 0 atom stereocenters. The van der Waals surface area contributed by atoms with Crippen molar-refractivity contribution >= 4 is 28.9 Å². The van der Waals surface area contributed by atoms with Gasteiger partial charge in [0.25, 0.3) is 5.91 Å². The molecule has 1 amide bonds. The molecular formula is C18H19N5O3S. The van der Waals surface area contributed by atoms with Gasteiger partial charge in [-0.1, -0.05) is 32.1 Å². The van der Waals surface area contributed by atoms with Crippen LogP contribution in [0.5, 0.6) is 0 Å². The summed E-state index contributed by atoms with van der Waals surface area (Å²) in [5, 5.41) is 20.1. The normalized spacial score (nSPS) is 11.4. The maximum Gasteiger partial charge on any atom is 0.358 e. The van der Waals surface area contributed by atoms with Gasteiger partial charge >= 0.3 is 5.97 Å². The minimum absolute atomic E-state index is 0.122. The van der Waals surface area contributed by atoms with E-state index in [-0.39, 0.29) is 17.0 Å². The summed E-state index contributed by atoms with van der Waals surface area (Å²) in [5.74, 6) is -1.39. The van der Waals surface area contributed by atoms with Crippen LogP contribution in [0.3, 0.4) is 0 Å². The lowest BCUT2D eigenvalue weighted by atomic mass is 9.98. The predicted molar refractivity (Wildman–Crippen MR) is 102 cm³/mol. The molecule has 0 saturated heterocycles. The number of nitrogens with one attached hydrogen (secondary N) is 1. The van der Waals surface area contributed by atoms with Gasteiger partial charge in [-0.2, -0.15) is 0 Å². The maximum atomic E-state index is 12.7. The van der Waals surface area contributed by atoms with E-state index in [0.29, 0.717) is 21.9 Å². The van der Waals surface area contributed by atoms with Gasteiger partial charge < -0.3 is 10.4 Å². The number of anilines is 1. The molecule has 2 N–H and O–H groups in total. The second-order valence-corrected chi connectivity index (χ2v) is 8.04. The average Bonchev–Trinajstić information content (AvgIpc) is 3.21. The van der Waals surface area contributed by atoms with Crippen molar-refractivity contribution in [1.82, 2.24) is 20.0 Å². The molecule has 3 aromatic rings. The molecule has 0 aliphatic heterocycles. The van der Waals surface area contributed by atoms with E-state index in [1.165, 1.54) is 22.2 Å². The Hall–Kier alpha value is -3.07. The van der Waals surface area contributed by atoms with Crippen LogP contribution in [0.15, 0.2) is 30.5 Å². The summed E-state index contributed by atoms with van der Waals surface area (Å²) in [5.41, 5.74) is 1.57. The summed E-state index contributed by atoms with van der Waals surface area (Å²) in [6.07, 6.45) is 1.31. The number of carboxylic acids is 1. The highest BCUT2D eigenvalue weighted by Gasteiger charge is 2.23. The van der Waals surface area contributed by atoms with E-state index in [4.69, 9.17) is 5.11 Å². The van der Waals surface area contributed by atoms with Crippen LogP contribution < -0.4 is 5.32 Å². The van der Waals surface area contributed by atoms with Crippen LogP contribution in [0.4, 0.5) is 5.69 Å². The Morgan fingerprint density at radius 2 is 2.00 bits per heavy atom. The Labute approximate surface area is 159 Å². The first-order valence-electron chi connectivity index (χ1n) is 8.20. The van der Waals surface area contributed by atoms with Crippen LogP contribution in [0.2, 0.25) is 0 Å². The van der Waals surface area contributed by atoms with Crippen LogP contribution in [0.1, 0.15) is 51.6 Å². The van der Waals surface area contributed by atoms with Crippen molar-refractivity contribution in [3.8, 4) is 5.69 Å². The second-order valence-electron chi connectivity index (χ2n) is 7.04. The molecule has 140 valence electrons. The van der Waals surface area contributed by atoms with Gasteiger partial charge in [0.2, 0.25) is 0 Å². The Bertz CT molecular complexity index is 1020. The zero-order valence-electron chi connectivity index (χ0n) is 15.3. The van der Waals surface area contributed by atoms with Crippen LogP contribution >= 0.6 is 11.3 Å². The number of hydrogen-bond acceptors (Lipinski definition) is 6. The number of rotatable bonds is 4. The molecule has 0 fully saturated rings. The molecule has 0 saturated carbocycles. The standard InChI is InChI=1S/C18H19N5O3S/c1-10-14(27-17(19-10)18(2,3)4)15(24)20-11-6-5-7-12(8-11)23-9-13(16(25)26)21-22-23/h5-9H,1-4H3,(H,20,24)(H,25,26). The number of aromatic nitrogens is 4. The number of aryl methyl sites for hydroxylation is 1. The van der Waals surface area contributed by atoms with Crippen molar-refractivity contribution in [2.45, 2.75) is 33.1 Å². The topological polar surface area (TPSA) is 110 Å². The van der Waals surface area contributed by atoms with E-state index < -0.39 is 5.97 Å². The van der Waals surface area contributed by atoms with Gasteiger partial charge in [-0.3, -0.25) is 4.79 Å². The fourth-order valence-corrected chi connectivity index (χ4v) is 3.35. The van der Waals surface area contributed by atoms with Crippen molar-refractivity contribution in [3.63, 3.8) is 0 Å². The Balaban J connectivity index is 1.83. The fourth-order valence-electron chi connectivity index (χ4n) is 2.33. The van der Waals surface area contributed by atoms with Gasteiger partial charge in [0.05, 0.1) is 22.6 Å². The number of nitrogens with zero attached hydrogens (tertiary/aromatic N) is 4. The maximum absolute atomic E-state index is 12.7. The molecule has 0 aliphatic rings. The molecular weight excluding hydrogens is 366 g/mol. The highest BCUT2D eigenvalue weighted by molar-refractivity contribution is 7.14. The lowest BCUT2D eigenvalue weighted by molar-refractivity contribution is 0.0690. The average molecular weight is 385 g/mol. The Morgan fingerprint density at radius 3 is 2.59 bits per heavy atom. The van der Waals surface area contributed by atoms with Gasteiger partial charge in [0.1, 0.15) is 4.88 Å². The van der Waals surface area contributed by atoms with Gasteiger partial charge in [0.15, 0.2) is 5.69 Å². The number of carboxylic acid groups (broad SMARTS) is 1. The van der Waals surface area contributed by atoms with E-state index in [2.05, 4.69) is 41.4 Å². The van der Waals surface area contributed by atoms with Gasteiger partial charge in [-0.15, -0.1) is 16.4 Å². The largest absolute Gasteiger partial charge is 0.476 e. The summed E-state index contributed by atoms with van der Waals surface area (Å²) in [4.78, 5) is 28.7. The first-order valence-corrected chi connectivity index (χ1v) is 9.02. The van der Waals surface area contributed by atoms with E-state index in [0.717, 1.165) is 5.01 Å². The Kier molecular flexibility index (Phi) is 4.79. The number of amides is 1. The van der Waals surface area contributed by atoms with Crippen molar-refractivity contribution in [2.75, 3.05) is 5.32 Å². The van der Waals surface area contributed by atoms with Crippen LogP contribution in [0, 0.1) is 6.92 Å². The quantitative estimate of drug-likeness (QED) is 0.713. The SMILES string of the molecule is Cc1nc(C(C)(C)C)sc1C(=O)Nc1cccc(-n2cc(C(=O)O)nn2)c1. The zero-order valence-corrected chi connectivity index (χ0v) is 16.2. The number of thiazole rings is 1. The molecule has 27 heavy (non-hydrogen) atoms. The monoisotopic (exact) mass is 385 g/mol. The summed E-state index contributed by atoms with van der Waals surface area (Å²) >= 11 is 1.38. The van der Waals surface area contributed by atoms with Crippen LogP contribution in [-0.4, -0.2) is 37.0 Å². The number of benzene rings is 1. The predicted octanol–water partition coefficient (Wildman–Crippen LogP) is 3.28. The third-order valence-corrected chi connectivity index (χ3v) is 5.31. The molecule has 2 aromatic heterocycles.